The van der Waals surface area contributed by atoms with E-state index in [1.165, 1.54) is 11.3 Å². The van der Waals surface area contributed by atoms with Crippen molar-refractivity contribution in [1.29, 1.82) is 0 Å². The highest BCUT2D eigenvalue weighted by Crippen LogP contribution is 2.41. The Balaban J connectivity index is 1.44. The number of hydrogen-bond donors (Lipinski definition) is 2. The first-order chi connectivity index (χ1) is 15.7. The van der Waals surface area contributed by atoms with Crippen molar-refractivity contribution in [1.82, 2.24) is 9.88 Å². The van der Waals surface area contributed by atoms with Crippen LogP contribution in [0.5, 0.6) is 0 Å². The molecule has 170 valence electrons. The lowest BCUT2D eigenvalue weighted by Crippen LogP contribution is -2.55. The van der Waals surface area contributed by atoms with Gasteiger partial charge in [0.2, 0.25) is 5.91 Å². The normalized spacial score (nSPS) is 24.4. The number of thiophene rings is 1. The second-order valence-corrected chi connectivity index (χ2v) is 10.3. The number of benzene rings is 1. The van der Waals surface area contributed by atoms with Crippen LogP contribution in [0.25, 0.3) is 10.9 Å². The van der Waals surface area contributed by atoms with Gasteiger partial charge in [0, 0.05) is 52.8 Å². The van der Waals surface area contributed by atoms with Crippen LogP contribution in [0.2, 0.25) is 5.02 Å². The summed E-state index contributed by atoms with van der Waals surface area (Å²) in [6, 6.07) is 10.2. The number of halogens is 1. The van der Waals surface area contributed by atoms with Gasteiger partial charge in [-0.15, -0.1) is 11.3 Å². The predicted molar refractivity (Wildman–Crippen MR) is 128 cm³/mol. The minimum absolute atomic E-state index is 0.0374. The quantitative estimate of drug-likeness (QED) is 0.463. The Morgan fingerprint density at radius 3 is 2.94 bits per heavy atom. The lowest BCUT2D eigenvalue weighted by molar-refractivity contribution is -0.151. The summed E-state index contributed by atoms with van der Waals surface area (Å²) in [7, 11) is 0. The summed E-state index contributed by atoms with van der Waals surface area (Å²) < 4.78 is 5.64. The third-order valence-electron chi connectivity index (χ3n) is 7.25. The lowest BCUT2D eigenvalue weighted by atomic mass is 9.76. The van der Waals surface area contributed by atoms with Crippen LogP contribution in [0.4, 0.5) is 0 Å². The van der Waals surface area contributed by atoms with Crippen molar-refractivity contribution in [3.8, 4) is 0 Å². The molecule has 0 radical (unpaired) electrons. The van der Waals surface area contributed by atoms with E-state index in [0.717, 1.165) is 42.1 Å². The molecule has 1 aliphatic carbocycles. The SMILES string of the molecule is O=C(CC(c1cccs1)c1c[nH]c2cccc(Cl)c12)N1CCC(OCO)C2CCCCC21. The minimum atomic E-state index is -0.246. The summed E-state index contributed by atoms with van der Waals surface area (Å²) in [5, 5.41) is 13.1. The van der Waals surface area contributed by atoms with Gasteiger partial charge in [0.25, 0.3) is 0 Å². The average molecular weight is 473 g/mol. The number of aliphatic hydroxyl groups excluding tert-OH is 1. The van der Waals surface area contributed by atoms with Gasteiger partial charge in [0.05, 0.1) is 11.1 Å². The van der Waals surface area contributed by atoms with Crippen molar-refractivity contribution in [2.75, 3.05) is 13.3 Å². The van der Waals surface area contributed by atoms with E-state index in [-0.39, 0.29) is 30.8 Å². The third-order valence-corrected chi connectivity index (χ3v) is 8.55. The van der Waals surface area contributed by atoms with Crippen LogP contribution >= 0.6 is 22.9 Å². The molecule has 5 rings (SSSR count). The van der Waals surface area contributed by atoms with Crippen LogP contribution in [0.3, 0.4) is 0 Å². The number of aromatic nitrogens is 1. The third kappa shape index (κ3) is 4.10. The topological polar surface area (TPSA) is 65.6 Å². The monoisotopic (exact) mass is 472 g/mol. The highest BCUT2D eigenvalue weighted by Gasteiger charge is 2.42. The van der Waals surface area contributed by atoms with Gasteiger partial charge in [0.15, 0.2) is 0 Å². The largest absolute Gasteiger partial charge is 0.371 e. The minimum Gasteiger partial charge on any atom is -0.371 e. The highest BCUT2D eigenvalue weighted by atomic mass is 35.5. The fourth-order valence-corrected chi connectivity index (χ4v) is 6.93. The summed E-state index contributed by atoms with van der Waals surface area (Å²) in [4.78, 5) is 20.4. The number of nitrogens with zero attached hydrogens (tertiary/aromatic N) is 1. The van der Waals surface area contributed by atoms with Crippen molar-refractivity contribution >= 4 is 39.7 Å². The maximum absolute atomic E-state index is 13.7. The fourth-order valence-electron chi connectivity index (χ4n) is 5.80. The van der Waals surface area contributed by atoms with Crippen molar-refractivity contribution in [3.05, 3.63) is 57.4 Å². The number of piperidine rings is 1. The molecule has 3 aromatic rings. The standard InChI is InChI=1S/C25H29ClN2O3S/c26-19-6-3-7-20-25(19)18(14-27-20)17(23-9-4-12-32-23)13-24(30)28-11-10-22(31-15-29)16-5-1-2-8-21(16)28/h3-4,6-7,9,12,14,16-17,21-22,27,29H,1-2,5,8,10-11,13,15H2. The molecule has 7 heteroatoms. The Morgan fingerprint density at radius 2 is 2.12 bits per heavy atom. The first-order valence-electron chi connectivity index (χ1n) is 11.5. The van der Waals surface area contributed by atoms with Crippen LogP contribution in [0, 0.1) is 5.92 Å². The zero-order valence-corrected chi connectivity index (χ0v) is 19.6. The molecule has 3 heterocycles. The smallest absolute Gasteiger partial charge is 0.223 e. The predicted octanol–water partition coefficient (Wildman–Crippen LogP) is 5.53. The fraction of sp³-hybridized carbons (Fsp3) is 0.480. The molecule has 2 aromatic heterocycles. The maximum atomic E-state index is 13.7. The molecule has 1 aromatic carbocycles. The molecule has 1 amide bonds. The Hall–Kier alpha value is -1.86. The molecule has 2 fully saturated rings. The number of amides is 1. The van der Waals surface area contributed by atoms with E-state index in [1.54, 1.807) is 11.3 Å². The molecular formula is C25H29ClN2O3S. The Morgan fingerprint density at radius 1 is 1.25 bits per heavy atom. The summed E-state index contributed by atoms with van der Waals surface area (Å²) in [6.45, 7) is 0.445. The van der Waals surface area contributed by atoms with Gasteiger partial charge in [-0.05, 0) is 48.4 Å². The maximum Gasteiger partial charge on any atom is 0.223 e. The number of carbonyl (C=O) groups is 1. The number of fused-ring (bicyclic) bond motifs is 2. The Bertz CT molecular complexity index is 1070. The molecule has 4 unspecified atom stereocenters. The van der Waals surface area contributed by atoms with Gasteiger partial charge in [-0.1, -0.05) is 36.6 Å². The lowest BCUT2D eigenvalue weighted by Gasteiger charge is -2.48. The molecule has 0 bridgehead atoms. The first kappa shape index (κ1) is 22.0. The molecule has 0 spiro atoms. The molecule has 4 atom stereocenters. The summed E-state index contributed by atoms with van der Waals surface area (Å²) in [6.07, 6.45) is 7.66. The van der Waals surface area contributed by atoms with Crippen molar-refractivity contribution in [2.24, 2.45) is 5.92 Å². The molecular weight excluding hydrogens is 444 g/mol. The number of ether oxygens (including phenoxy) is 1. The van der Waals surface area contributed by atoms with Crippen molar-refractivity contribution in [2.45, 2.75) is 56.6 Å². The number of nitrogens with one attached hydrogen (secondary N) is 1. The van der Waals surface area contributed by atoms with Crippen molar-refractivity contribution < 1.29 is 14.6 Å². The summed E-state index contributed by atoms with van der Waals surface area (Å²) >= 11 is 8.27. The Labute approximate surface area is 197 Å². The molecule has 1 saturated carbocycles. The van der Waals surface area contributed by atoms with Crippen LogP contribution in [0.1, 0.15) is 54.9 Å². The number of rotatable bonds is 6. The molecule has 1 aliphatic heterocycles. The van der Waals surface area contributed by atoms with Gasteiger partial charge in [-0.2, -0.15) is 0 Å². The van der Waals surface area contributed by atoms with Gasteiger partial charge < -0.3 is 19.7 Å². The summed E-state index contributed by atoms with van der Waals surface area (Å²) in [5.41, 5.74) is 2.08. The van der Waals surface area contributed by atoms with Crippen molar-refractivity contribution in [3.63, 3.8) is 0 Å². The zero-order chi connectivity index (χ0) is 22.1. The number of aromatic amines is 1. The molecule has 1 saturated heterocycles. The highest BCUT2D eigenvalue weighted by molar-refractivity contribution is 7.10. The van der Waals surface area contributed by atoms with E-state index in [2.05, 4.69) is 21.3 Å². The number of carbonyl (C=O) groups excluding carboxylic acids is 1. The number of hydrogen-bond acceptors (Lipinski definition) is 4. The van der Waals surface area contributed by atoms with E-state index in [4.69, 9.17) is 16.3 Å². The first-order valence-corrected chi connectivity index (χ1v) is 12.7. The number of H-pyrrole nitrogens is 1. The van der Waals surface area contributed by atoms with Crippen LogP contribution in [-0.2, 0) is 9.53 Å². The van der Waals surface area contributed by atoms with E-state index in [0.29, 0.717) is 23.9 Å². The molecule has 32 heavy (non-hydrogen) atoms. The van der Waals surface area contributed by atoms with Gasteiger partial charge >= 0.3 is 0 Å². The summed E-state index contributed by atoms with van der Waals surface area (Å²) in [5.74, 6) is 0.477. The van der Waals surface area contributed by atoms with E-state index >= 15 is 0 Å². The second kappa shape index (κ2) is 9.56. The molecule has 2 aliphatic rings. The molecule has 5 nitrogen and oxygen atoms in total. The van der Waals surface area contributed by atoms with Crippen LogP contribution in [0.15, 0.2) is 41.9 Å². The second-order valence-electron chi connectivity index (χ2n) is 8.90. The zero-order valence-electron chi connectivity index (χ0n) is 18.0. The van der Waals surface area contributed by atoms with E-state index in [1.807, 2.05) is 30.5 Å². The molecule has 2 N–H and O–H groups in total. The average Bonchev–Trinajstić information content (AvgIpc) is 3.49. The Kier molecular flexibility index (Phi) is 6.56. The van der Waals surface area contributed by atoms with E-state index < -0.39 is 0 Å². The number of likely N-dealkylation sites (tertiary alicyclic amines) is 1. The van der Waals surface area contributed by atoms with Gasteiger partial charge in [0.1, 0.15) is 6.79 Å². The number of aliphatic hydroxyl groups is 1. The van der Waals surface area contributed by atoms with E-state index in [9.17, 15) is 9.90 Å². The van der Waals surface area contributed by atoms with Crippen LogP contribution in [-0.4, -0.2) is 46.4 Å². The van der Waals surface area contributed by atoms with Crippen LogP contribution < -0.4 is 0 Å². The van der Waals surface area contributed by atoms with Gasteiger partial charge in [-0.25, -0.2) is 0 Å². The van der Waals surface area contributed by atoms with Gasteiger partial charge in [-0.3, -0.25) is 4.79 Å².